The number of hydrogen-bond acceptors (Lipinski definition) is 5. The number of amides is 2. The molecule has 148 valence electrons. The zero-order valence-electron chi connectivity index (χ0n) is 15.5. The van der Waals surface area contributed by atoms with Crippen LogP contribution in [0.2, 0.25) is 5.02 Å². The monoisotopic (exact) mass is 405 g/mol. The molecule has 0 aliphatic rings. The molecule has 2 aromatic rings. The summed E-state index contributed by atoms with van der Waals surface area (Å²) >= 11 is 5.79. The van der Waals surface area contributed by atoms with Crippen molar-refractivity contribution >= 4 is 29.1 Å². The number of nitro groups is 1. The normalized spacial score (nSPS) is 10.2. The number of carbonyl (C=O) groups excluding carboxylic acids is 2. The minimum absolute atomic E-state index is 0.0294. The third-order valence-electron chi connectivity index (χ3n) is 3.82. The lowest BCUT2D eigenvalue weighted by atomic mass is 10.2. The van der Waals surface area contributed by atoms with Gasteiger partial charge in [-0.2, -0.15) is 0 Å². The van der Waals surface area contributed by atoms with Crippen LogP contribution in [-0.4, -0.2) is 41.3 Å². The molecule has 0 fully saturated rings. The molecule has 0 aliphatic heterocycles. The molecule has 0 radical (unpaired) electrons. The van der Waals surface area contributed by atoms with Crippen molar-refractivity contribution in [3.05, 3.63) is 63.2 Å². The summed E-state index contributed by atoms with van der Waals surface area (Å²) in [5, 5.41) is 14.0. The first-order valence-corrected chi connectivity index (χ1v) is 9.01. The summed E-state index contributed by atoms with van der Waals surface area (Å²) in [6.45, 7) is 4.44. The lowest BCUT2D eigenvalue weighted by Crippen LogP contribution is -2.40. The zero-order chi connectivity index (χ0) is 20.7. The van der Waals surface area contributed by atoms with E-state index in [0.717, 1.165) is 0 Å². The van der Waals surface area contributed by atoms with Crippen LogP contribution in [0, 0.1) is 10.1 Å². The van der Waals surface area contributed by atoms with Crippen molar-refractivity contribution in [2.75, 3.05) is 19.6 Å². The van der Waals surface area contributed by atoms with E-state index in [0.29, 0.717) is 24.4 Å². The minimum atomic E-state index is -0.584. The van der Waals surface area contributed by atoms with E-state index >= 15 is 0 Å². The van der Waals surface area contributed by atoms with Gasteiger partial charge in [0.2, 0.25) is 11.7 Å². The average molecular weight is 406 g/mol. The maximum absolute atomic E-state index is 12.6. The Labute approximate surface area is 167 Å². The van der Waals surface area contributed by atoms with Crippen LogP contribution in [0.3, 0.4) is 0 Å². The van der Waals surface area contributed by atoms with Crippen LogP contribution in [0.15, 0.2) is 42.5 Å². The Balaban J connectivity index is 2.14. The number of hydrogen-bond donors (Lipinski definition) is 1. The molecular weight excluding hydrogens is 386 g/mol. The predicted molar refractivity (Wildman–Crippen MR) is 105 cm³/mol. The number of halogens is 1. The number of nitro benzene ring substituents is 1. The van der Waals surface area contributed by atoms with Gasteiger partial charge >= 0.3 is 5.69 Å². The first-order valence-electron chi connectivity index (χ1n) is 8.63. The molecule has 2 rings (SSSR count). The van der Waals surface area contributed by atoms with E-state index in [1.165, 1.54) is 35.2 Å². The summed E-state index contributed by atoms with van der Waals surface area (Å²) in [7, 11) is 0. The third-order valence-corrected chi connectivity index (χ3v) is 4.06. The maximum atomic E-state index is 12.6. The second kappa shape index (κ2) is 9.70. The first kappa shape index (κ1) is 21.2. The van der Waals surface area contributed by atoms with Crippen molar-refractivity contribution in [1.29, 1.82) is 0 Å². The molecule has 0 aromatic heterocycles. The van der Waals surface area contributed by atoms with Crippen LogP contribution in [0.25, 0.3) is 0 Å². The van der Waals surface area contributed by atoms with E-state index in [1.54, 1.807) is 26.0 Å². The fourth-order valence-electron chi connectivity index (χ4n) is 2.45. The zero-order valence-corrected chi connectivity index (χ0v) is 16.2. The topological polar surface area (TPSA) is 102 Å². The second-order valence-corrected chi connectivity index (χ2v) is 6.20. The van der Waals surface area contributed by atoms with E-state index < -0.39 is 4.92 Å². The molecule has 0 bridgehead atoms. The van der Waals surface area contributed by atoms with Gasteiger partial charge in [0.1, 0.15) is 5.75 Å². The predicted octanol–water partition coefficient (Wildman–Crippen LogP) is 3.64. The number of nitrogens with one attached hydrogen (secondary N) is 1. The minimum Gasteiger partial charge on any atom is -0.450 e. The molecule has 2 aromatic carbocycles. The Morgan fingerprint density at radius 3 is 2.43 bits per heavy atom. The van der Waals surface area contributed by atoms with E-state index in [1.807, 2.05) is 0 Å². The summed E-state index contributed by atoms with van der Waals surface area (Å²) in [6, 6.07) is 10.2. The van der Waals surface area contributed by atoms with Gasteiger partial charge in [0.25, 0.3) is 5.91 Å². The molecule has 0 saturated carbocycles. The van der Waals surface area contributed by atoms with Crippen LogP contribution < -0.4 is 10.1 Å². The van der Waals surface area contributed by atoms with Crippen molar-refractivity contribution in [3.8, 4) is 11.5 Å². The van der Waals surface area contributed by atoms with Gasteiger partial charge in [-0.1, -0.05) is 11.6 Å². The van der Waals surface area contributed by atoms with Crippen molar-refractivity contribution in [1.82, 2.24) is 10.2 Å². The van der Waals surface area contributed by atoms with E-state index in [9.17, 15) is 19.7 Å². The Morgan fingerprint density at radius 2 is 1.86 bits per heavy atom. The fourth-order valence-corrected chi connectivity index (χ4v) is 2.61. The Bertz CT molecular complexity index is 870. The maximum Gasteiger partial charge on any atom is 0.313 e. The SMILES string of the molecule is CCNC(=O)CN(CC)C(=O)c1ccc(Oc2ccc(Cl)cc2[N+](=O)[O-])cc1. The molecule has 0 spiro atoms. The average Bonchev–Trinajstić information content (AvgIpc) is 2.67. The number of likely N-dealkylation sites (N-methyl/N-ethyl adjacent to an activating group) is 2. The van der Waals surface area contributed by atoms with Gasteiger partial charge in [0.05, 0.1) is 11.5 Å². The molecule has 2 amide bonds. The van der Waals surface area contributed by atoms with E-state index in [-0.39, 0.29) is 34.8 Å². The molecular formula is C19H20ClN3O5. The number of carbonyl (C=O) groups is 2. The van der Waals surface area contributed by atoms with Gasteiger partial charge in [-0.15, -0.1) is 0 Å². The fraction of sp³-hybridized carbons (Fsp3) is 0.263. The summed E-state index contributed by atoms with van der Waals surface area (Å²) < 4.78 is 5.55. The van der Waals surface area contributed by atoms with E-state index in [2.05, 4.69) is 5.32 Å². The lowest BCUT2D eigenvalue weighted by molar-refractivity contribution is -0.385. The quantitative estimate of drug-likeness (QED) is 0.533. The largest absolute Gasteiger partial charge is 0.450 e. The van der Waals surface area contributed by atoms with Gasteiger partial charge in [-0.25, -0.2) is 0 Å². The van der Waals surface area contributed by atoms with E-state index in [4.69, 9.17) is 16.3 Å². The highest BCUT2D eigenvalue weighted by atomic mass is 35.5. The standard InChI is InChI=1S/C19H20ClN3O5/c1-3-21-18(24)12-22(4-2)19(25)13-5-8-15(9-6-13)28-17-10-7-14(20)11-16(17)23(26)27/h5-11H,3-4,12H2,1-2H3,(H,21,24). The van der Waals surface area contributed by atoms with Crippen LogP contribution in [0.1, 0.15) is 24.2 Å². The summed E-state index contributed by atoms with van der Waals surface area (Å²) in [4.78, 5) is 36.3. The van der Waals surface area contributed by atoms with Crippen LogP contribution in [0.4, 0.5) is 5.69 Å². The van der Waals surface area contributed by atoms with Gasteiger partial charge in [0, 0.05) is 29.7 Å². The Morgan fingerprint density at radius 1 is 1.18 bits per heavy atom. The molecule has 0 saturated heterocycles. The van der Waals surface area contributed by atoms with Gasteiger partial charge in [-0.3, -0.25) is 19.7 Å². The molecule has 0 aliphatic carbocycles. The highest BCUT2D eigenvalue weighted by Crippen LogP contribution is 2.33. The molecule has 9 heteroatoms. The molecule has 28 heavy (non-hydrogen) atoms. The number of rotatable bonds is 8. The van der Waals surface area contributed by atoms with Crippen LogP contribution in [-0.2, 0) is 4.79 Å². The van der Waals surface area contributed by atoms with Crippen molar-refractivity contribution in [2.24, 2.45) is 0 Å². The molecule has 0 unspecified atom stereocenters. The molecule has 0 heterocycles. The highest BCUT2D eigenvalue weighted by Gasteiger charge is 2.19. The summed E-state index contributed by atoms with van der Waals surface area (Å²) in [6.07, 6.45) is 0. The van der Waals surface area contributed by atoms with Crippen molar-refractivity contribution in [3.63, 3.8) is 0 Å². The number of benzene rings is 2. The molecule has 1 N–H and O–H groups in total. The number of ether oxygens (including phenoxy) is 1. The lowest BCUT2D eigenvalue weighted by Gasteiger charge is -2.20. The van der Waals surface area contributed by atoms with Crippen molar-refractivity contribution < 1.29 is 19.2 Å². The first-order chi connectivity index (χ1) is 13.3. The third kappa shape index (κ3) is 5.43. The van der Waals surface area contributed by atoms with Gasteiger partial charge in [-0.05, 0) is 50.2 Å². The summed E-state index contributed by atoms with van der Waals surface area (Å²) in [5.41, 5.74) is 0.121. The Hall–Kier alpha value is -3.13. The smallest absolute Gasteiger partial charge is 0.313 e. The highest BCUT2D eigenvalue weighted by molar-refractivity contribution is 6.30. The number of nitrogens with zero attached hydrogens (tertiary/aromatic N) is 2. The van der Waals surface area contributed by atoms with Gasteiger partial charge in [0.15, 0.2) is 0 Å². The van der Waals surface area contributed by atoms with Crippen molar-refractivity contribution in [2.45, 2.75) is 13.8 Å². The molecule has 8 nitrogen and oxygen atoms in total. The van der Waals surface area contributed by atoms with Gasteiger partial charge < -0.3 is 15.0 Å². The summed E-state index contributed by atoms with van der Waals surface area (Å²) in [5.74, 6) is -0.154. The second-order valence-electron chi connectivity index (χ2n) is 5.77. The van der Waals surface area contributed by atoms with Crippen LogP contribution >= 0.6 is 11.6 Å². The Kier molecular flexibility index (Phi) is 7.34. The van der Waals surface area contributed by atoms with Crippen LogP contribution in [0.5, 0.6) is 11.5 Å². The molecule has 0 atom stereocenters.